The highest BCUT2D eigenvalue weighted by atomic mass is 16.6. The topological polar surface area (TPSA) is 66.8 Å². The summed E-state index contributed by atoms with van der Waals surface area (Å²) >= 11 is 0. The molecule has 2 fully saturated rings. The quantitative estimate of drug-likeness (QED) is 0.459. The van der Waals surface area contributed by atoms with Crippen molar-refractivity contribution in [2.45, 2.75) is 57.8 Å². The van der Waals surface area contributed by atoms with Crippen molar-refractivity contribution < 1.29 is 19.7 Å². The Balaban J connectivity index is 1.89. The van der Waals surface area contributed by atoms with E-state index in [1.807, 2.05) is 19.9 Å². The fourth-order valence-corrected chi connectivity index (χ4v) is 3.21. The molecular formula is C17H24O4. The van der Waals surface area contributed by atoms with Gasteiger partial charge in [0.05, 0.1) is 18.6 Å². The first-order valence-corrected chi connectivity index (χ1v) is 7.66. The van der Waals surface area contributed by atoms with Crippen LogP contribution in [0.1, 0.15) is 39.5 Å². The van der Waals surface area contributed by atoms with Crippen molar-refractivity contribution in [3.05, 3.63) is 12.2 Å². The lowest BCUT2D eigenvalue weighted by atomic mass is 9.90. The Bertz CT molecular complexity index is 459. The van der Waals surface area contributed by atoms with E-state index in [2.05, 4.69) is 11.8 Å². The average Bonchev–Trinajstić information content (AvgIpc) is 2.91. The molecule has 116 valence electrons. The molecule has 0 aromatic rings. The molecule has 0 aromatic carbocycles. The molecule has 2 N–H and O–H groups in total. The van der Waals surface area contributed by atoms with Gasteiger partial charge in [-0.3, -0.25) is 4.79 Å². The predicted octanol–water partition coefficient (Wildman–Crippen LogP) is 1.66. The van der Waals surface area contributed by atoms with E-state index in [0.29, 0.717) is 12.8 Å². The first kappa shape index (κ1) is 16.1. The molecular weight excluding hydrogens is 268 g/mol. The maximum absolute atomic E-state index is 11.3. The van der Waals surface area contributed by atoms with Gasteiger partial charge in [-0.25, -0.2) is 0 Å². The highest BCUT2D eigenvalue weighted by Crippen LogP contribution is 2.42. The van der Waals surface area contributed by atoms with Crippen LogP contribution < -0.4 is 0 Å². The van der Waals surface area contributed by atoms with Gasteiger partial charge in [0.1, 0.15) is 6.10 Å². The van der Waals surface area contributed by atoms with Crippen LogP contribution in [-0.4, -0.2) is 34.5 Å². The van der Waals surface area contributed by atoms with Gasteiger partial charge in [-0.2, -0.15) is 0 Å². The van der Waals surface area contributed by atoms with Crippen LogP contribution in [0.5, 0.6) is 0 Å². The maximum Gasteiger partial charge on any atom is 0.306 e. The molecule has 0 aromatic heterocycles. The smallest absolute Gasteiger partial charge is 0.306 e. The van der Waals surface area contributed by atoms with Crippen LogP contribution in [-0.2, 0) is 9.53 Å². The highest BCUT2D eigenvalue weighted by Gasteiger charge is 2.48. The maximum atomic E-state index is 11.3. The van der Waals surface area contributed by atoms with Crippen LogP contribution in [0.2, 0.25) is 0 Å². The third-order valence-electron chi connectivity index (χ3n) is 4.59. The van der Waals surface area contributed by atoms with Gasteiger partial charge in [-0.1, -0.05) is 19.1 Å². The lowest BCUT2D eigenvalue weighted by Crippen LogP contribution is -2.20. The van der Waals surface area contributed by atoms with E-state index in [9.17, 15) is 15.0 Å². The zero-order chi connectivity index (χ0) is 15.4. The molecule has 1 aliphatic heterocycles. The van der Waals surface area contributed by atoms with E-state index < -0.39 is 12.2 Å². The van der Waals surface area contributed by atoms with Crippen LogP contribution in [0.4, 0.5) is 0 Å². The lowest BCUT2D eigenvalue weighted by molar-refractivity contribution is -0.141. The fourth-order valence-electron chi connectivity index (χ4n) is 3.21. The van der Waals surface area contributed by atoms with E-state index >= 15 is 0 Å². The number of fused-ring (bicyclic) bond motifs is 1. The first-order chi connectivity index (χ1) is 10.0. The summed E-state index contributed by atoms with van der Waals surface area (Å²) in [6.07, 6.45) is 4.92. The third kappa shape index (κ3) is 3.87. The highest BCUT2D eigenvalue weighted by molar-refractivity contribution is 5.72. The Labute approximate surface area is 126 Å². The van der Waals surface area contributed by atoms with Crippen molar-refractivity contribution in [1.29, 1.82) is 0 Å². The molecule has 1 saturated carbocycles. The summed E-state index contributed by atoms with van der Waals surface area (Å²) in [7, 11) is 0. The van der Waals surface area contributed by atoms with Crippen molar-refractivity contribution in [3.63, 3.8) is 0 Å². The van der Waals surface area contributed by atoms with Gasteiger partial charge < -0.3 is 14.9 Å². The Hall–Kier alpha value is -1.31. The molecule has 0 amide bonds. The Kier molecular flexibility index (Phi) is 5.44. The van der Waals surface area contributed by atoms with E-state index in [1.165, 1.54) is 0 Å². The minimum Gasteiger partial charge on any atom is -0.462 e. The Morgan fingerprint density at radius 2 is 2.29 bits per heavy atom. The second-order valence-electron chi connectivity index (χ2n) is 6.09. The summed E-state index contributed by atoms with van der Waals surface area (Å²) in [5, 5.41) is 20.2. The van der Waals surface area contributed by atoms with Gasteiger partial charge in [0.25, 0.3) is 0 Å². The zero-order valence-corrected chi connectivity index (χ0v) is 12.7. The van der Waals surface area contributed by atoms with Crippen molar-refractivity contribution in [3.8, 4) is 11.8 Å². The van der Waals surface area contributed by atoms with E-state index in [1.54, 1.807) is 6.08 Å². The molecule has 1 heterocycles. The number of ether oxygens (including phenoxy) is 1. The normalized spacial score (nSPS) is 34.2. The summed E-state index contributed by atoms with van der Waals surface area (Å²) < 4.78 is 5.20. The Morgan fingerprint density at radius 3 is 3.00 bits per heavy atom. The van der Waals surface area contributed by atoms with Crippen molar-refractivity contribution in [2.24, 2.45) is 17.8 Å². The minimum absolute atomic E-state index is 0.0530. The van der Waals surface area contributed by atoms with Crippen molar-refractivity contribution >= 4 is 5.97 Å². The summed E-state index contributed by atoms with van der Waals surface area (Å²) in [5.74, 6) is 5.74. The number of rotatable bonds is 5. The molecule has 2 aliphatic rings. The monoisotopic (exact) mass is 292 g/mol. The molecule has 6 atom stereocenters. The van der Waals surface area contributed by atoms with Gasteiger partial charge in [0.2, 0.25) is 0 Å². The standard InChI is InChI=1S/C17H24O4/c1-3-4-5-6-11(2)14(18)8-7-12-13-9-17(20)21-16(13)10-15(12)19/h7-8,11-16,18-19H,5-6,9-10H2,1-2H3/b8-7+/t11?,12-,13-,14-,15-,16+/m1/s1. The van der Waals surface area contributed by atoms with Crippen molar-refractivity contribution in [1.82, 2.24) is 0 Å². The number of aliphatic hydroxyl groups is 2. The van der Waals surface area contributed by atoms with Crippen LogP contribution in [0.3, 0.4) is 0 Å². The molecule has 1 aliphatic carbocycles. The zero-order valence-electron chi connectivity index (χ0n) is 12.7. The van der Waals surface area contributed by atoms with E-state index in [0.717, 1.165) is 12.8 Å². The fraction of sp³-hybridized carbons (Fsp3) is 0.706. The van der Waals surface area contributed by atoms with Crippen LogP contribution in [0, 0.1) is 29.6 Å². The molecule has 1 saturated heterocycles. The summed E-state index contributed by atoms with van der Waals surface area (Å²) in [4.78, 5) is 11.3. The lowest BCUT2D eigenvalue weighted by Gasteiger charge is -2.18. The number of esters is 1. The molecule has 0 bridgehead atoms. The predicted molar refractivity (Wildman–Crippen MR) is 79.1 cm³/mol. The van der Waals surface area contributed by atoms with Crippen molar-refractivity contribution in [2.75, 3.05) is 0 Å². The summed E-state index contributed by atoms with van der Waals surface area (Å²) in [5.41, 5.74) is 0. The number of carbonyl (C=O) groups is 1. The van der Waals surface area contributed by atoms with E-state index in [-0.39, 0.29) is 29.8 Å². The SMILES string of the molecule is CC#CCCC(C)[C@H](O)/C=C/[C@@H]1[C@H]2CC(=O)O[C@H]2C[C@H]1O. The summed E-state index contributed by atoms with van der Waals surface area (Å²) in [6, 6.07) is 0. The second kappa shape index (κ2) is 7.11. The number of aliphatic hydroxyl groups excluding tert-OH is 2. The number of hydrogen-bond donors (Lipinski definition) is 2. The molecule has 21 heavy (non-hydrogen) atoms. The van der Waals surface area contributed by atoms with Gasteiger partial charge in [-0.05, 0) is 19.3 Å². The minimum atomic E-state index is -0.548. The van der Waals surface area contributed by atoms with Crippen LogP contribution in [0.25, 0.3) is 0 Å². The van der Waals surface area contributed by atoms with Gasteiger partial charge in [0.15, 0.2) is 0 Å². The molecule has 0 spiro atoms. The summed E-state index contributed by atoms with van der Waals surface area (Å²) in [6.45, 7) is 3.80. The third-order valence-corrected chi connectivity index (χ3v) is 4.59. The van der Waals surface area contributed by atoms with Crippen LogP contribution in [0.15, 0.2) is 12.2 Å². The Morgan fingerprint density at radius 1 is 1.52 bits per heavy atom. The number of hydrogen-bond acceptors (Lipinski definition) is 4. The molecule has 4 heteroatoms. The van der Waals surface area contributed by atoms with E-state index in [4.69, 9.17) is 4.74 Å². The molecule has 2 rings (SSSR count). The van der Waals surface area contributed by atoms with Crippen LogP contribution >= 0.6 is 0 Å². The molecule has 0 radical (unpaired) electrons. The molecule has 1 unspecified atom stereocenters. The largest absolute Gasteiger partial charge is 0.462 e. The molecule has 4 nitrogen and oxygen atoms in total. The number of carbonyl (C=O) groups excluding carboxylic acids is 1. The van der Waals surface area contributed by atoms with Gasteiger partial charge in [-0.15, -0.1) is 11.8 Å². The second-order valence-corrected chi connectivity index (χ2v) is 6.09. The average molecular weight is 292 g/mol. The van der Waals surface area contributed by atoms with Gasteiger partial charge >= 0.3 is 5.97 Å². The first-order valence-electron chi connectivity index (χ1n) is 7.66. The van der Waals surface area contributed by atoms with Gasteiger partial charge in [0, 0.05) is 24.7 Å².